The molecule has 1 aromatic heterocycles. The van der Waals surface area contributed by atoms with Gasteiger partial charge in [-0.2, -0.15) is 0 Å². The molecule has 3 rings (SSSR count). The Hall–Kier alpha value is -1.98. The summed E-state index contributed by atoms with van der Waals surface area (Å²) in [6.07, 6.45) is 1.59. The van der Waals surface area contributed by atoms with Crippen molar-refractivity contribution in [1.82, 2.24) is 4.90 Å². The summed E-state index contributed by atoms with van der Waals surface area (Å²) < 4.78 is 5.32. The predicted molar refractivity (Wildman–Crippen MR) is 95.4 cm³/mol. The third kappa shape index (κ3) is 3.14. The molecule has 0 bridgehead atoms. The standard InChI is InChI=1S/C18H16ClNO3S/c1-11(2)20-17(21)15(12-5-7-13(19)8-6-12)16(18(20)22)24-10-14-4-3-9-23-14/h3-9,11H,10H2,1-2H3. The molecule has 2 aromatic rings. The average molecular weight is 362 g/mol. The van der Waals surface area contributed by atoms with Crippen molar-refractivity contribution in [2.75, 3.05) is 0 Å². The highest BCUT2D eigenvalue weighted by atomic mass is 35.5. The second-order valence-electron chi connectivity index (χ2n) is 5.65. The molecule has 124 valence electrons. The normalized spacial score (nSPS) is 15.1. The van der Waals surface area contributed by atoms with Gasteiger partial charge in [-0.15, -0.1) is 11.8 Å². The van der Waals surface area contributed by atoms with Gasteiger partial charge in [0.15, 0.2) is 0 Å². The van der Waals surface area contributed by atoms with Gasteiger partial charge in [0.1, 0.15) is 5.76 Å². The number of halogens is 1. The highest BCUT2D eigenvalue weighted by Crippen LogP contribution is 2.38. The van der Waals surface area contributed by atoms with Gasteiger partial charge in [0, 0.05) is 11.1 Å². The second kappa shape index (κ2) is 6.87. The molecule has 0 saturated carbocycles. The quantitative estimate of drug-likeness (QED) is 0.743. The summed E-state index contributed by atoms with van der Waals surface area (Å²) in [5.74, 6) is 0.728. The second-order valence-corrected chi connectivity index (χ2v) is 7.08. The molecule has 0 aliphatic carbocycles. The van der Waals surface area contributed by atoms with Crippen LogP contribution in [0.25, 0.3) is 5.57 Å². The molecule has 0 saturated heterocycles. The van der Waals surface area contributed by atoms with Gasteiger partial charge >= 0.3 is 0 Å². The zero-order chi connectivity index (χ0) is 17.3. The van der Waals surface area contributed by atoms with Crippen LogP contribution in [0.1, 0.15) is 25.2 Å². The first-order valence-electron chi connectivity index (χ1n) is 7.52. The van der Waals surface area contributed by atoms with Crippen LogP contribution in [-0.2, 0) is 15.3 Å². The summed E-state index contributed by atoms with van der Waals surface area (Å²) in [6.45, 7) is 3.66. The Bertz CT molecular complexity index is 794. The van der Waals surface area contributed by atoms with Crippen molar-refractivity contribution in [1.29, 1.82) is 0 Å². The van der Waals surface area contributed by atoms with Crippen LogP contribution in [-0.4, -0.2) is 22.8 Å². The van der Waals surface area contributed by atoms with E-state index in [4.69, 9.17) is 16.0 Å². The molecule has 0 N–H and O–H groups in total. The molecule has 0 fully saturated rings. The Morgan fingerprint density at radius 3 is 2.42 bits per heavy atom. The lowest BCUT2D eigenvalue weighted by atomic mass is 10.1. The largest absolute Gasteiger partial charge is 0.468 e. The van der Waals surface area contributed by atoms with E-state index in [1.807, 2.05) is 19.9 Å². The average Bonchev–Trinajstić information content (AvgIpc) is 3.13. The van der Waals surface area contributed by atoms with Crippen LogP contribution in [0, 0.1) is 0 Å². The molecule has 0 unspecified atom stereocenters. The number of thioether (sulfide) groups is 1. The first kappa shape index (κ1) is 16.9. The van der Waals surface area contributed by atoms with Gasteiger partial charge in [0.2, 0.25) is 0 Å². The van der Waals surface area contributed by atoms with Crippen LogP contribution in [0.15, 0.2) is 52.0 Å². The summed E-state index contributed by atoms with van der Waals surface area (Å²) in [7, 11) is 0. The van der Waals surface area contributed by atoms with Crippen molar-refractivity contribution < 1.29 is 14.0 Å². The molecule has 0 spiro atoms. The molecule has 0 radical (unpaired) electrons. The number of carbonyl (C=O) groups excluding carboxylic acids is 2. The van der Waals surface area contributed by atoms with E-state index in [-0.39, 0.29) is 17.9 Å². The van der Waals surface area contributed by atoms with Crippen LogP contribution in [0.4, 0.5) is 0 Å². The minimum absolute atomic E-state index is 0.200. The van der Waals surface area contributed by atoms with Gasteiger partial charge in [0.05, 0.1) is 22.5 Å². The first-order chi connectivity index (χ1) is 11.5. The number of hydrogen-bond donors (Lipinski definition) is 0. The molecule has 4 nitrogen and oxygen atoms in total. The summed E-state index contributed by atoms with van der Waals surface area (Å²) in [5, 5.41) is 0.585. The maximum atomic E-state index is 12.8. The molecular weight excluding hydrogens is 346 g/mol. The van der Waals surface area contributed by atoms with Gasteiger partial charge in [0.25, 0.3) is 11.8 Å². The molecular formula is C18H16ClNO3S. The Kier molecular flexibility index (Phi) is 4.83. The molecule has 2 heterocycles. The Morgan fingerprint density at radius 1 is 1.12 bits per heavy atom. The topological polar surface area (TPSA) is 50.5 Å². The van der Waals surface area contributed by atoms with Crippen molar-refractivity contribution >= 4 is 40.8 Å². The summed E-state index contributed by atoms with van der Waals surface area (Å²) >= 11 is 7.25. The minimum atomic E-state index is -0.265. The molecule has 1 aliphatic rings. The van der Waals surface area contributed by atoms with Crippen molar-refractivity contribution in [3.05, 3.63) is 63.9 Å². The van der Waals surface area contributed by atoms with E-state index in [0.29, 0.717) is 26.8 Å². The smallest absolute Gasteiger partial charge is 0.268 e. The van der Waals surface area contributed by atoms with E-state index in [9.17, 15) is 9.59 Å². The number of imide groups is 1. The highest BCUT2D eigenvalue weighted by Gasteiger charge is 2.40. The van der Waals surface area contributed by atoms with Crippen LogP contribution in [0.3, 0.4) is 0 Å². The van der Waals surface area contributed by atoms with E-state index >= 15 is 0 Å². The van der Waals surface area contributed by atoms with Crippen molar-refractivity contribution in [3.63, 3.8) is 0 Å². The van der Waals surface area contributed by atoms with Crippen LogP contribution >= 0.6 is 23.4 Å². The van der Waals surface area contributed by atoms with Gasteiger partial charge in [-0.1, -0.05) is 23.7 Å². The number of rotatable bonds is 5. The van der Waals surface area contributed by atoms with E-state index < -0.39 is 0 Å². The molecule has 2 amide bonds. The van der Waals surface area contributed by atoms with Crippen LogP contribution in [0.5, 0.6) is 0 Å². The van der Waals surface area contributed by atoms with Gasteiger partial charge in [-0.3, -0.25) is 14.5 Å². The monoisotopic (exact) mass is 361 g/mol. The summed E-state index contributed by atoms with van der Waals surface area (Å²) in [4.78, 5) is 27.3. The number of amides is 2. The fourth-order valence-corrected chi connectivity index (χ4v) is 3.69. The molecule has 0 atom stereocenters. The molecule has 1 aliphatic heterocycles. The van der Waals surface area contributed by atoms with Crippen LogP contribution < -0.4 is 0 Å². The maximum absolute atomic E-state index is 12.8. The van der Waals surface area contributed by atoms with E-state index in [1.165, 1.54) is 16.7 Å². The maximum Gasteiger partial charge on any atom is 0.268 e. The molecule has 24 heavy (non-hydrogen) atoms. The number of benzene rings is 1. The zero-order valence-electron chi connectivity index (χ0n) is 13.3. The fraction of sp³-hybridized carbons (Fsp3) is 0.222. The summed E-state index contributed by atoms with van der Waals surface area (Å²) in [5.41, 5.74) is 1.13. The lowest BCUT2D eigenvalue weighted by molar-refractivity contribution is -0.138. The minimum Gasteiger partial charge on any atom is -0.468 e. The van der Waals surface area contributed by atoms with Gasteiger partial charge in [-0.05, 0) is 43.7 Å². The van der Waals surface area contributed by atoms with E-state index in [1.54, 1.807) is 36.6 Å². The Labute approximate surface area is 149 Å². The number of hydrogen-bond acceptors (Lipinski definition) is 4. The zero-order valence-corrected chi connectivity index (χ0v) is 14.9. The lowest BCUT2D eigenvalue weighted by Gasteiger charge is -2.19. The fourth-order valence-electron chi connectivity index (χ4n) is 2.54. The summed E-state index contributed by atoms with van der Waals surface area (Å²) in [6, 6.07) is 10.4. The lowest BCUT2D eigenvalue weighted by Crippen LogP contribution is -2.37. The van der Waals surface area contributed by atoms with Crippen molar-refractivity contribution in [2.45, 2.75) is 25.6 Å². The van der Waals surface area contributed by atoms with E-state index in [0.717, 1.165) is 5.76 Å². The van der Waals surface area contributed by atoms with E-state index in [2.05, 4.69) is 0 Å². The van der Waals surface area contributed by atoms with Crippen molar-refractivity contribution in [2.24, 2.45) is 0 Å². The SMILES string of the molecule is CC(C)N1C(=O)C(SCc2ccco2)=C(c2ccc(Cl)cc2)C1=O. The molecule has 1 aromatic carbocycles. The Morgan fingerprint density at radius 2 is 1.83 bits per heavy atom. The first-order valence-corrected chi connectivity index (χ1v) is 8.88. The highest BCUT2D eigenvalue weighted by molar-refractivity contribution is 8.03. The third-order valence-electron chi connectivity index (χ3n) is 3.66. The number of nitrogens with zero attached hydrogens (tertiary/aromatic N) is 1. The van der Waals surface area contributed by atoms with Gasteiger partial charge in [-0.25, -0.2) is 0 Å². The third-order valence-corrected chi connectivity index (χ3v) is 5.01. The number of carbonyl (C=O) groups is 2. The predicted octanol–water partition coefficient (Wildman–Crippen LogP) is 4.35. The van der Waals surface area contributed by atoms with Crippen molar-refractivity contribution in [3.8, 4) is 0 Å². The van der Waals surface area contributed by atoms with Crippen LogP contribution in [0.2, 0.25) is 5.02 Å². The van der Waals surface area contributed by atoms with Gasteiger partial charge < -0.3 is 4.42 Å². The Balaban J connectivity index is 1.99. The number of furan rings is 1. The molecule has 6 heteroatoms.